The average molecular weight is 412 g/mol. The minimum Gasteiger partial charge on any atom is -0.495 e. The number of likely N-dealkylation sites (tertiary alicyclic amines) is 1. The lowest BCUT2D eigenvalue weighted by atomic mass is 9.98. The van der Waals surface area contributed by atoms with Gasteiger partial charge in [0, 0.05) is 51.7 Å². The number of amides is 1. The second-order valence-corrected chi connectivity index (χ2v) is 8.41. The van der Waals surface area contributed by atoms with Crippen LogP contribution >= 0.6 is 0 Å². The van der Waals surface area contributed by atoms with Crippen molar-refractivity contribution in [1.29, 1.82) is 0 Å². The molecule has 2 aromatic rings. The van der Waals surface area contributed by atoms with Crippen LogP contribution in [-0.2, 0) is 11.3 Å². The van der Waals surface area contributed by atoms with Gasteiger partial charge in [-0.2, -0.15) is 0 Å². The number of nitrogens with zero attached hydrogens (tertiary/aromatic N) is 5. The summed E-state index contributed by atoms with van der Waals surface area (Å²) in [5.41, 5.74) is 1.11. The largest absolute Gasteiger partial charge is 0.495 e. The van der Waals surface area contributed by atoms with Gasteiger partial charge < -0.3 is 19.1 Å². The van der Waals surface area contributed by atoms with Gasteiger partial charge in [-0.05, 0) is 44.4 Å². The number of anilines is 1. The van der Waals surface area contributed by atoms with Crippen LogP contribution in [0.15, 0.2) is 36.7 Å². The smallest absolute Gasteiger partial charge is 0.236 e. The molecule has 1 atom stereocenters. The van der Waals surface area contributed by atoms with Crippen molar-refractivity contribution >= 4 is 11.6 Å². The predicted molar refractivity (Wildman–Crippen MR) is 118 cm³/mol. The average Bonchev–Trinajstić information content (AvgIpc) is 3.18. The van der Waals surface area contributed by atoms with Gasteiger partial charge in [0.2, 0.25) is 5.91 Å². The molecule has 2 saturated heterocycles. The molecule has 0 aliphatic carbocycles. The number of benzene rings is 1. The molecule has 0 bridgehead atoms. The summed E-state index contributed by atoms with van der Waals surface area (Å²) in [6.45, 7) is 8.81. The summed E-state index contributed by atoms with van der Waals surface area (Å²) in [5.74, 6) is 2.80. The van der Waals surface area contributed by atoms with Crippen molar-refractivity contribution in [2.75, 3.05) is 57.8 Å². The van der Waals surface area contributed by atoms with E-state index in [2.05, 4.69) is 38.5 Å². The number of hydrogen-bond acceptors (Lipinski definition) is 5. The lowest BCUT2D eigenvalue weighted by Crippen LogP contribution is -2.52. The monoisotopic (exact) mass is 411 g/mol. The molecule has 2 fully saturated rings. The number of aromatic nitrogens is 2. The van der Waals surface area contributed by atoms with Crippen LogP contribution in [-0.4, -0.2) is 78.2 Å². The molecule has 162 valence electrons. The fourth-order valence-electron chi connectivity index (χ4n) is 4.70. The number of methoxy groups -OCH3 is 1. The Labute approximate surface area is 179 Å². The van der Waals surface area contributed by atoms with Crippen molar-refractivity contribution in [3.63, 3.8) is 0 Å². The van der Waals surface area contributed by atoms with E-state index in [1.54, 1.807) is 7.11 Å². The molecule has 0 unspecified atom stereocenters. The van der Waals surface area contributed by atoms with Gasteiger partial charge in [-0.1, -0.05) is 12.1 Å². The van der Waals surface area contributed by atoms with E-state index in [-0.39, 0.29) is 5.91 Å². The van der Waals surface area contributed by atoms with E-state index in [1.807, 2.05) is 29.3 Å². The number of piperidine rings is 1. The first-order valence-corrected chi connectivity index (χ1v) is 11.0. The van der Waals surface area contributed by atoms with Crippen molar-refractivity contribution in [3.05, 3.63) is 42.5 Å². The summed E-state index contributed by atoms with van der Waals surface area (Å²) in [6, 6.07) is 8.10. The van der Waals surface area contributed by atoms with Crippen molar-refractivity contribution < 1.29 is 9.53 Å². The second-order valence-electron chi connectivity index (χ2n) is 8.41. The summed E-state index contributed by atoms with van der Waals surface area (Å²) in [7, 11) is 1.71. The zero-order valence-corrected chi connectivity index (χ0v) is 18.2. The molecule has 1 aromatic heterocycles. The van der Waals surface area contributed by atoms with Gasteiger partial charge in [-0.15, -0.1) is 0 Å². The number of carbonyl (C=O) groups excluding carboxylic acids is 1. The maximum Gasteiger partial charge on any atom is 0.236 e. The maximum atomic E-state index is 12.9. The van der Waals surface area contributed by atoms with Crippen LogP contribution in [0.4, 0.5) is 5.69 Å². The molecule has 2 aliphatic rings. The quantitative estimate of drug-likeness (QED) is 0.730. The molecular formula is C23H33N5O2. The molecule has 1 amide bonds. The Balaban J connectivity index is 1.27. The van der Waals surface area contributed by atoms with Gasteiger partial charge in [0.1, 0.15) is 11.6 Å². The molecular weight excluding hydrogens is 378 g/mol. The minimum atomic E-state index is 0.258. The first kappa shape index (κ1) is 20.7. The molecule has 1 aromatic carbocycles. The highest BCUT2D eigenvalue weighted by Crippen LogP contribution is 2.28. The first-order chi connectivity index (χ1) is 14.6. The Kier molecular flexibility index (Phi) is 6.57. The molecule has 0 N–H and O–H groups in total. The zero-order chi connectivity index (χ0) is 20.9. The SMILES string of the molecule is COc1ccccc1N1CCN(C(=O)CN2CCC[C@@H](Cn3ccnc3C)C2)CC1. The number of ether oxygens (including phenoxy) is 1. The fourth-order valence-corrected chi connectivity index (χ4v) is 4.70. The van der Waals surface area contributed by atoms with E-state index in [1.165, 1.54) is 6.42 Å². The molecule has 4 rings (SSSR count). The van der Waals surface area contributed by atoms with E-state index in [4.69, 9.17) is 4.74 Å². The van der Waals surface area contributed by atoms with E-state index >= 15 is 0 Å². The Hall–Kier alpha value is -2.54. The zero-order valence-electron chi connectivity index (χ0n) is 18.2. The summed E-state index contributed by atoms with van der Waals surface area (Å²) in [6.07, 6.45) is 6.30. The minimum absolute atomic E-state index is 0.258. The van der Waals surface area contributed by atoms with E-state index in [9.17, 15) is 4.79 Å². The molecule has 0 radical (unpaired) electrons. The summed E-state index contributed by atoms with van der Waals surface area (Å²) >= 11 is 0. The van der Waals surface area contributed by atoms with Crippen molar-refractivity contribution in [2.45, 2.75) is 26.3 Å². The highest BCUT2D eigenvalue weighted by Gasteiger charge is 2.27. The van der Waals surface area contributed by atoms with Crippen LogP contribution in [0.2, 0.25) is 0 Å². The number of aryl methyl sites for hydroxylation is 1. The number of imidazole rings is 1. The van der Waals surface area contributed by atoms with E-state index in [0.29, 0.717) is 12.5 Å². The van der Waals surface area contributed by atoms with Crippen molar-refractivity contribution in [2.24, 2.45) is 5.92 Å². The Morgan fingerprint density at radius 2 is 1.97 bits per heavy atom. The number of para-hydroxylation sites is 2. The molecule has 3 heterocycles. The van der Waals surface area contributed by atoms with Crippen molar-refractivity contribution in [3.8, 4) is 5.75 Å². The number of piperazine rings is 1. The third-order valence-corrected chi connectivity index (χ3v) is 6.40. The Morgan fingerprint density at radius 1 is 1.17 bits per heavy atom. The van der Waals surface area contributed by atoms with Crippen LogP contribution in [0, 0.1) is 12.8 Å². The second kappa shape index (κ2) is 9.51. The lowest BCUT2D eigenvalue weighted by Gasteiger charge is -2.38. The van der Waals surface area contributed by atoms with Gasteiger partial charge in [0.15, 0.2) is 0 Å². The fraction of sp³-hybridized carbons (Fsp3) is 0.565. The standard InChI is InChI=1S/C23H33N5O2/c1-19-24-9-11-28(19)17-20-6-5-10-25(16-20)18-23(29)27-14-12-26(13-15-27)21-7-3-4-8-22(21)30-2/h3-4,7-9,11,20H,5-6,10,12-18H2,1-2H3/t20-/m1/s1. The number of rotatable bonds is 6. The number of hydrogen-bond donors (Lipinski definition) is 0. The van der Waals surface area contributed by atoms with Crippen LogP contribution in [0.5, 0.6) is 5.75 Å². The van der Waals surface area contributed by atoms with Crippen LogP contribution in [0.3, 0.4) is 0 Å². The molecule has 7 heteroatoms. The predicted octanol–water partition coefficient (Wildman–Crippen LogP) is 2.26. The molecule has 30 heavy (non-hydrogen) atoms. The topological polar surface area (TPSA) is 53.8 Å². The summed E-state index contributed by atoms with van der Waals surface area (Å²) < 4.78 is 7.72. The molecule has 2 aliphatic heterocycles. The normalized spacial score (nSPS) is 20.4. The van der Waals surface area contributed by atoms with Crippen LogP contribution in [0.25, 0.3) is 0 Å². The first-order valence-electron chi connectivity index (χ1n) is 11.0. The highest BCUT2D eigenvalue weighted by molar-refractivity contribution is 5.78. The molecule has 0 spiro atoms. The van der Waals surface area contributed by atoms with Crippen LogP contribution in [0.1, 0.15) is 18.7 Å². The van der Waals surface area contributed by atoms with Crippen LogP contribution < -0.4 is 9.64 Å². The molecule has 7 nitrogen and oxygen atoms in total. The lowest BCUT2D eigenvalue weighted by molar-refractivity contribution is -0.133. The maximum absolute atomic E-state index is 12.9. The summed E-state index contributed by atoms with van der Waals surface area (Å²) in [5, 5.41) is 0. The number of carbonyl (C=O) groups is 1. The van der Waals surface area contributed by atoms with E-state index in [0.717, 1.165) is 69.5 Å². The van der Waals surface area contributed by atoms with Gasteiger partial charge >= 0.3 is 0 Å². The van der Waals surface area contributed by atoms with Gasteiger partial charge in [0.25, 0.3) is 0 Å². The Bertz CT molecular complexity index is 844. The molecule has 0 saturated carbocycles. The third-order valence-electron chi connectivity index (χ3n) is 6.40. The van der Waals surface area contributed by atoms with Gasteiger partial charge in [0.05, 0.1) is 19.3 Å². The van der Waals surface area contributed by atoms with Gasteiger partial charge in [-0.3, -0.25) is 9.69 Å². The summed E-state index contributed by atoms with van der Waals surface area (Å²) in [4.78, 5) is 23.9. The Morgan fingerprint density at radius 3 is 2.70 bits per heavy atom. The van der Waals surface area contributed by atoms with Crippen molar-refractivity contribution in [1.82, 2.24) is 19.4 Å². The third kappa shape index (κ3) is 4.78. The van der Waals surface area contributed by atoms with E-state index < -0.39 is 0 Å². The highest BCUT2D eigenvalue weighted by atomic mass is 16.5. The van der Waals surface area contributed by atoms with Gasteiger partial charge in [-0.25, -0.2) is 4.98 Å².